The monoisotopic (exact) mass is 317 g/mol. The normalized spacial score (nSPS) is 11.3. The van der Waals surface area contributed by atoms with E-state index < -0.39 is 11.7 Å². The third-order valence-corrected chi connectivity index (χ3v) is 3.10. The van der Waals surface area contributed by atoms with Crippen LogP contribution >= 0.6 is 11.6 Å². The van der Waals surface area contributed by atoms with Crippen molar-refractivity contribution in [1.29, 1.82) is 0 Å². The highest BCUT2D eigenvalue weighted by Gasteiger charge is 2.31. The van der Waals surface area contributed by atoms with Crippen LogP contribution < -0.4 is 16.6 Å². The highest BCUT2D eigenvalue weighted by Crippen LogP contribution is 2.35. The molecule has 1 aromatic carbocycles. The smallest absolute Gasteiger partial charge is 0.339 e. The molecule has 5 nitrogen and oxygen atoms in total. The van der Waals surface area contributed by atoms with Crippen molar-refractivity contribution in [2.24, 2.45) is 5.84 Å². The van der Waals surface area contributed by atoms with E-state index in [1.807, 2.05) is 0 Å². The average Bonchev–Trinajstić information content (AvgIpc) is 2.42. The molecule has 0 aliphatic rings. The SMILES string of the molecule is Cc1c(NN)ncnc1Nc1cc(C(F)(F)F)ccc1Cl. The molecule has 9 heteroatoms. The van der Waals surface area contributed by atoms with E-state index in [1.54, 1.807) is 6.92 Å². The maximum absolute atomic E-state index is 12.7. The van der Waals surface area contributed by atoms with Crippen molar-refractivity contribution < 1.29 is 13.2 Å². The fraction of sp³-hybridized carbons (Fsp3) is 0.167. The number of nitrogens with one attached hydrogen (secondary N) is 2. The number of rotatable bonds is 3. The van der Waals surface area contributed by atoms with E-state index in [4.69, 9.17) is 17.4 Å². The first-order valence-electron chi connectivity index (χ1n) is 5.75. The number of anilines is 3. The van der Waals surface area contributed by atoms with Gasteiger partial charge in [-0.15, -0.1) is 0 Å². The van der Waals surface area contributed by atoms with Crippen LogP contribution in [0.2, 0.25) is 5.02 Å². The third kappa shape index (κ3) is 3.34. The second kappa shape index (κ2) is 5.74. The molecule has 0 bridgehead atoms. The Bertz CT molecular complexity index is 660. The Morgan fingerprint density at radius 3 is 2.48 bits per heavy atom. The number of benzene rings is 1. The minimum Gasteiger partial charge on any atom is -0.339 e. The van der Waals surface area contributed by atoms with Gasteiger partial charge in [-0.1, -0.05) is 11.6 Å². The first-order chi connectivity index (χ1) is 9.82. The fourth-order valence-electron chi connectivity index (χ4n) is 1.65. The zero-order valence-electron chi connectivity index (χ0n) is 10.8. The molecule has 4 N–H and O–H groups in total. The van der Waals surface area contributed by atoms with Crippen LogP contribution in [0.5, 0.6) is 0 Å². The summed E-state index contributed by atoms with van der Waals surface area (Å²) in [6.07, 6.45) is -3.22. The summed E-state index contributed by atoms with van der Waals surface area (Å²) < 4.78 is 38.1. The summed E-state index contributed by atoms with van der Waals surface area (Å²) >= 11 is 5.91. The summed E-state index contributed by atoms with van der Waals surface area (Å²) in [4.78, 5) is 7.84. The summed E-state index contributed by atoms with van der Waals surface area (Å²) in [5, 5.41) is 2.89. The molecule has 0 unspecified atom stereocenters. The predicted molar refractivity (Wildman–Crippen MR) is 74.3 cm³/mol. The third-order valence-electron chi connectivity index (χ3n) is 2.77. The Balaban J connectivity index is 2.40. The topological polar surface area (TPSA) is 75.9 Å². The second-order valence-electron chi connectivity index (χ2n) is 4.16. The number of hydrogen-bond acceptors (Lipinski definition) is 5. The van der Waals surface area contributed by atoms with Gasteiger partial charge in [0.2, 0.25) is 0 Å². The Labute approximate surface area is 123 Å². The highest BCUT2D eigenvalue weighted by atomic mass is 35.5. The summed E-state index contributed by atoms with van der Waals surface area (Å²) in [7, 11) is 0. The molecule has 0 atom stereocenters. The molecule has 1 aromatic heterocycles. The Hall–Kier alpha value is -2.06. The number of hydrazine groups is 1. The predicted octanol–water partition coefficient (Wildman–Crippen LogP) is 3.49. The van der Waals surface area contributed by atoms with Crippen molar-refractivity contribution in [3.63, 3.8) is 0 Å². The lowest BCUT2D eigenvalue weighted by molar-refractivity contribution is -0.137. The molecule has 0 aliphatic carbocycles. The number of halogens is 4. The first kappa shape index (κ1) is 15.3. The fourth-order valence-corrected chi connectivity index (χ4v) is 1.81. The van der Waals surface area contributed by atoms with E-state index in [0.717, 1.165) is 12.1 Å². The average molecular weight is 318 g/mol. The quantitative estimate of drug-likeness (QED) is 0.597. The van der Waals surface area contributed by atoms with Crippen LogP contribution in [0.1, 0.15) is 11.1 Å². The maximum Gasteiger partial charge on any atom is 0.416 e. The molecule has 0 saturated carbocycles. The summed E-state index contributed by atoms with van der Waals surface area (Å²) in [5.41, 5.74) is 2.20. The summed E-state index contributed by atoms with van der Waals surface area (Å²) in [6.45, 7) is 1.67. The second-order valence-corrected chi connectivity index (χ2v) is 4.56. The lowest BCUT2D eigenvalue weighted by Gasteiger charge is -2.14. The number of nitrogens with zero attached hydrogens (tertiary/aromatic N) is 2. The minimum atomic E-state index is -4.45. The number of hydrogen-bond donors (Lipinski definition) is 3. The molecule has 0 aliphatic heterocycles. The highest BCUT2D eigenvalue weighted by molar-refractivity contribution is 6.33. The molecule has 21 heavy (non-hydrogen) atoms. The molecule has 0 fully saturated rings. The molecule has 0 spiro atoms. The van der Waals surface area contributed by atoms with E-state index >= 15 is 0 Å². The number of alkyl halides is 3. The van der Waals surface area contributed by atoms with Crippen molar-refractivity contribution >= 4 is 28.9 Å². The number of nitrogens with two attached hydrogens (primary N) is 1. The van der Waals surface area contributed by atoms with E-state index in [0.29, 0.717) is 17.2 Å². The van der Waals surface area contributed by atoms with E-state index in [2.05, 4.69) is 20.7 Å². The molecular weight excluding hydrogens is 307 g/mol. The summed E-state index contributed by atoms with van der Waals surface area (Å²) in [5.74, 6) is 5.94. The molecule has 112 valence electrons. The van der Waals surface area contributed by atoms with Gasteiger partial charge in [-0.25, -0.2) is 15.8 Å². The molecular formula is C12H11ClF3N5. The lowest BCUT2D eigenvalue weighted by Crippen LogP contribution is -2.12. The largest absolute Gasteiger partial charge is 0.416 e. The Morgan fingerprint density at radius 2 is 1.86 bits per heavy atom. The lowest BCUT2D eigenvalue weighted by atomic mass is 10.2. The van der Waals surface area contributed by atoms with Crippen molar-refractivity contribution in [2.45, 2.75) is 13.1 Å². The van der Waals surface area contributed by atoms with Gasteiger partial charge < -0.3 is 10.7 Å². The van der Waals surface area contributed by atoms with Crippen LogP contribution in [0.3, 0.4) is 0 Å². The van der Waals surface area contributed by atoms with Crippen molar-refractivity contribution in [1.82, 2.24) is 9.97 Å². The van der Waals surface area contributed by atoms with Gasteiger partial charge in [0.1, 0.15) is 18.0 Å². The number of aromatic nitrogens is 2. The van der Waals surface area contributed by atoms with Gasteiger partial charge in [0, 0.05) is 5.56 Å². The first-order valence-corrected chi connectivity index (χ1v) is 6.12. The number of nitrogen functional groups attached to an aromatic ring is 1. The Kier molecular flexibility index (Phi) is 4.19. The van der Waals surface area contributed by atoms with E-state index in [9.17, 15) is 13.2 Å². The molecule has 2 rings (SSSR count). The maximum atomic E-state index is 12.7. The van der Waals surface area contributed by atoms with Crippen LogP contribution in [-0.4, -0.2) is 9.97 Å². The zero-order valence-corrected chi connectivity index (χ0v) is 11.5. The van der Waals surface area contributed by atoms with Crippen molar-refractivity contribution in [2.75, 3.05) is 10.7 Å². The molecule has 0 amide bonds. The van der Waals surface area contributed by atoms with Gasteiger partial charge in [0.05, 0.1) is 16.3 Å². The van der Waals surface area contributed by atoms with Crippen LogP contribution in [0.4, 0.5) is 30.5 Å². The van der Waals surface area contributed by atoms with Crippen molar-refractivity contribution in [3.05, 3.63) is 40.7 Å². The van der Waals surface area contributed by atoms with Crippen LogP contribution in [0.25, 0.3) is 0 Å². The minimum absolute atomic E-state index is 0.0938. The molecule has 0 saturated heterocycles. The van der Waals surface area contributed by atoms with Gasteiger partial charge in [-0.05, 0) is 25.1 Å². The van der Waals surface area contributed by atoms with Crippen LogP contribution in [0.15, 0.2) is 24.5 Å². The molecule has 0 radical (unpaired) electrons. The van der Waals surface area contributed by atoms with E-state index in [-0.39, 0.29) is 10.7 Å². The van der Waals surface area contributed by atoms with Crippen LogP contribution in [0, 0.1) is 6.92 Å². The van der Waals surface area contributed by atoms with Crippen molar-refractivity contribution in [3.8, 4) is 0 Å². The van der Waals surface area contributed by atoms with Gasteiger partial charge in [0.15, 0.2) is 0 Å². The summed E-state index contributed by atoms with van der Waals surface area (Å²) in [6, 6.07) is 3.00. The van der Waals surface area contributed by atoms with Gasteiger partial charge in [-0.3, -0.25) is 0 Å². The van der Waals surface area contributed by atoms with Crippen LogP contribution in [-0.2, 0) is 6.18 Å². The molecule has 1 heterocycles. The molecule has 2 aromatic rings. The zero-order chi connectivity index (χ0) is 15.6. The van der Waals surface area contributed by atoms with Gasteiger partial charge in [0.25, 0.3) is 0 Å². The standard InChI is InChI=1S/C12H11ClF3N5/c1-6-10(18-5-19-11(6)21-17)20-9-4-7(12(14,15)16)2-3-8(9)13/h2-5H,17H2,1H3,(H2,18,19,20,21). The Morgan fingerprint density at radius 1 is 1.19 bits per heavy atom. The van der Waals surface area contributed by atoms with Gasteiger partial charge in [-0.2, -0.15) is 13.2 Å². The van der Waals surface area contributed by atoms with E-state index in [1.165, 1.54) is 12.4 Å². The van der Waals surface area contributed by atoms with Gasteiger partial charge >= 0.3 is 6.18 Å².